The summed E-state index contributed by atoms with van der Waals surface area (Å²) in [5.74, 6) is 0. The van der Waals surface area contributed by atoms with Crippen LogP contribution < -0.4 is 4.90 Å². The zero-order chi connectivity index (χ0) is 34.2. The SMILES string of the molecule is c1ccc(N(c2cccc(-c3cccc4c3sc3ccccc34)c2)c2cccc3c2sc2ccc4c5ccccc5n(-c5ccccc5)c4c23)cc1. The maximum absolute atomic E-state index is 2.46. The van der Waals surface area contributed by atoms with Crippen molar-refractivity contribution in [3.8, 4) is 16.8 Å². The number of fused-ring (bicyclic) bond motifs is 10. The number of hydrogen-bond acceptors (Lipinski definition) is 3. The molecule has 3 heterocycles. The smallest absolute Gasteiger partial charge is 0.0640 e. The van der Waals surface area contributed by atoms with Crippen LogP contribution in [0.1, 0.15) is 0 Å². The molecule has 0 bridgehead atoms. The minimum absolute atomic E-state index is 1.13. The molecule has 0 saturated carbocycles. The quantitative estimate of drug-likeness (QED) is 0.174. The number of aromatic nitrogens is 1. The Bertz CT molecular complexity index is 3130. The summed E-state index contributed by atoms with van der Waals surface area (Å²) in [7, 11) is 0. The highest BCUT2D eigenvalue weighted by molar-refractivity contribution is 7.27. The first-order valence-electron chi connectivity index (χ1n) is 17.6. The molecule has 0 spiro atoms. The van der Waals surface area contributed by atoms with Crippen molar-refractivity contribution in [1.82, 2.24) is 4.57 Å². The van der Waals surface area contributed by atoms with Gasteiger partial charge in [0, 0.05) is 63.5 Å². The first-order valence-corrected chi connectivity index (χ1v) is 19.2. The Morgan fingerprint density at radius 1 is 0.423 bits per heavy atom. The van der Waals surface area contributed by atoms with Gasteiger partial charge in [0.1, 0.15) is 0 Å². The van der Waals surface area contributed by atoms with E-state index in [9.17, 15) is 0 Å². The molecule has 0 N–H and O–H groups in total. The van der Waals surface area contributed by atoms with Crippen molar-refractivity contribution in [2.75, 3.05) is 4.90 Å². The largest absolute Gasteiger partial charge is 0.309 e. The van der Waals surface area contributed by atoms with Gasteiger partial charge in [0.05, 0.1) is 21.4 Å². The lowest BCUT2D eigenvalue weighted by Gasteiger charge is -2.26. The number of anilines is 3. The van der Waals surface area contributed by atoms with Gasteiger partial charge in [-0.3, -0.25) is 0 Å². The summed E-state index contributed by atoms with van der Waals surface area (Å²) < 4.78 is 7.67. The zero-order valence-electron chi connectivity index (χ0n) is 28.0. The maximum atomic E-state index is 2.46. The van der Waals surface area contributed by atoms with Gasteiger partial charge in [-0.05, 0) is 71.8 Å². The topological polar surface area (TPSA) is 8.17 Å². The molecule has 0 aliphatic carbocycles. The van der Waals surface area contributed by atoms with Gasteiger partial charge in [0.15, 0.2) is 0 Å². The average Bonchev–Trinajstić information content (AvgIpc) is 3.89. The van der Waals surface area contributed by atoms with Gasteiger partial charge in [-0.25, -0.2) is 0 Å². The number of hydrogen-bond donors (Lipinski definition) is 0. The molecule has 0 saturated heterocycles. The highest BCUT2D eigenvalue weighted by Crippen LogP contribution is 2.49. The number of thiophene rings is 2. The van der Waals surface area contributed by atoms with E-state index in [0.717, 1.165) is 11.4 Å². The summed E-state index contributed by atoms with van der Waals surface area (Å²) in [5.41, 5.74) is 9.59. The summed E-state index contributed by atoms with van der Waals surface area (Å²) in [5, 5.41) is 7.77. The van der Waals surface area contributed by atoms with Crippen molar-refractivity contribution in [3.63, 3.8) is 0 Å². The second-order valence-electron chi connectivity index (χ2n) is 13.3. The standard InChI is InChI=1S/C48H30N2S2/c1-3-15-32(16-4-1)49(34-19-11-14-31(30-34)35-22-12-23-39-37-21-8-10-27-43(37)51-47(35)39)42-26-13-24-40-45-44(52-48(40)42)29-28-38-36-20-7-9-25-41(36)50(46(38)45)33-17-5-2-6-18-33/h1-30H. The van der Waals surface area contributed by atoms with Crippen LogP contribution in [-0.2, 0) is 0 Å². The molecule has 52 heavy (non-hydrogen) atoms. The molecular formula is C48H30N2S2. The lowest BCUT2D eigenvalue weighted by molar-refractivity contribution is 1.19. The summed E-state index contributed by atoms with van der Waals surface area (Å²) in [6.45, 7) is 0. The van der Waals surface area contributed by atoms with Gasteiger partial charge in [-0.15, -0.1) is 22.7 Å². The van der Waals surface area contributed by atoms with Gasteiger partial charge in [0.25, 0.3) is 0 Å². The molecule has 0 aliphatic rings. The monoisotopic (exact) mass is 698 g/mol. The van der Waals surface area contributed by atoms with Crippen LogP contribution in [0.15, 0.2) is 182 Å². The predicted octanol–water partition coefficient (Wildman–Crippen LogP) is 14.7. The number of benzene rings is 8. The number of para-hydroxylation sites is 3. The maximum Gasteiger partial charge on any atom is 0.0640 e. The third-order valence-corrected chi connectivity index (χ3v) is 12.8. The van der Waals surface area contributed by atoms with Crippen molar-refractivity contribution in [1.29, 1.82) is 0 Å². The highest BCUT2D eigenvalue weighted by Gasteiger charge is 2.22. The van der Waals surface area contributed by atoms with Crippen LogP contribution in [0.5, 0.6) is 0 Å². The Balaban J connectivity index is 1.16. The predicted molar refractivity (Wildman–Crippen MR) is 227 cm³/mol. The molecule has 244 valence electrons. The fourth-order valence-electron chi connectivity index (χ4n) is 8.14. The third-order valence-electron chi connectivity index (χ3n) is 10.4. The number of nitrogens with zero attached hydrogens (tertiary/aromatic N) is 2. The van der Waals surface area contributed by atoms with Crippen LogP contribution in [0.2, 0.25) is 0 Å². The average molecular weight is 699 g/mol. The van der Waals surface area contributed by atoms with E-state index in [1.807, 2.05) is 22.7 Å². The lowest BCUT2D eigenvalue weighted by Crippen LogP contribution is -2.10. The van der Waals surface area contributed by atoms with E-state index in [1.54, 1.807) is 0 Å². The molecule has 0 amide bonds. The minimum atomic E-state index is 1.13. The van der Waals surface area contributed by atoms with Gasteiger partial charge in [0.2, 0.25) is 0 Å². The fourth-order valence-corrected chi connectivity index (χ4v) is 10.6. The molecule has 0 unspecified atom stereocenters. The molecule has 3 aromatic heterocycles. The van der Waals surface area contributed by atoms with E-state index >= 15 is 0 Å². The van der Waals surface area contributed by atoms with E-state index in [2.05, 4.69) is 191 Å². The molecule has 0 fully saturated rings. The summed E-state index contributed by atoms with van der Waals surface area (Å²) in [4.78, 5) is 2.44. The van der Waals surface area contributed by atoms with Crippen LogP contribution >= 0.6 is 22.7 Å². The minimum Gasteiger partial charge on any atom is -0.309 e. The first-order chi connectivity index (χ1) is 25.8. The molecule has 11 rings (SSSR count). The Kier molecular flexibility index (Phi) is 6.63. The lowest BCUT2D eigenvalue weighted by atomic mass is 10.0. The Hall–Kier alpha value is -6.20. The van der Waals surface area contributed by atoms with Gasteiger partial charge >= 0.3 is 0 Å². The molecule has 4 heteroatoms. The fraction of sp³-hybridized carbons (Fsp3) is 0. The molecule has 2 nitrogen and oxygen atoms in total. The second-order valence-corrected chi connectivity index (χ2v) is 15.4. The Morgan fingerprint density at radius 2 is 1.10 bits per heavy atom. The molecule has 8 aromatic carbocycles. The zero-order valence-corrected chi connectivity index (χ0v) is 29.7. The Morgan fingerprint density at radius 3 is 1.98 bits per heavy atom. The molecule has 0 atom stereocenters. The molecule has 0 aliphatic heterocycles. The van der Waals surface area contributed by atoms with Gasteiger partial charge < -0.3 is 9.47 Å². The molecule has 11 aromatic rings. The van der Waals surface area contributed by atoms with E-state index < -0.39 is 0 Å². The van der Waals surface area contributed by atoms with Crippen molar-refractivity contribution >= 4 is 102 Å². The van der Waals surface area contributed by atoms with E-state index in [-0.39, 0.29) is 0 Å². The van der Waals surface area contributed by atoms with Crippen molar-refractivity contribution in [2.45, 2.75) is 0 Å². The van der Waals surface area contributed by atoms with Gasteiger partial charge in [-0.2, -0.15) is 0 Å². The third kappa shape index (κ3) is 4.42. The van der Waals surface area contributed by atoms with Crippen molar-refractivity contribution in [3.05, 3.63) is 182 Å². The second kappa shape index (κ2) is 11.7. The van der Waals surface area contributed by atoms with E-state index in [4.69, 9.17) is 0 Å². The van der Waals surface area contributed by atoms with Crippen LogP contribution in [-0.4, -0.2) is 4.57 Å². The van der Waals surface area contributed by atoms with E-state index in [1.165, 1.54) is 84.7 Å². The van der Waals surface area contributed by atoms with Crippen molar-refractivity contribution < 1.29 is 0 Å². The Labute approximate surface area is 308 Å². The van der Waals surface area contributed by atoms with E-state index in [0.29, 0.717) is 0 Å². The summed E-state index contributed by atoms with van der Waals surface area (Å²) >= 11 is 3.77. The van der Waals surface area contributed by atoms with Crippen LogP contribution in [0.3, 0.4) is 0 Å². The highest BCUT2D eigenvalue weighted by atomic mass is 32.1. The van der Waals surface area contributed by atoms with Gasteiger partial charge in [-0.1, -0.05) is 121 Å². The number of rotatable bonds is 5. The summed E-state index contributed by atoms with van der Waals surface area (Å²) in [6, 6.07) is 66.4. The first kappa shape index (κ1) is 29.5. The normalized spacial score (nSPS) is 11.8. The summed E-state index contributed by atoms with van der Waals surface area (Å²) in [6.07, 6.45) is 0. The van der Waals surface area contributed by atoms with Crippen LogP contribution in [0.4, 0.5) is 17.1 Å². The van der Waals surface area contributed by atoms with Crippen LogP contribution in [0.25, 0.3) is 79.0 Å². The molecule has 0 radical (unpaired) electrons. The van der Waals surface area contributed by atoms with Crippen molar-refractivity contribution in [2.24, 2.45) is 0 Å². The van der Waals surface area contributed by atoms with Crippen LogP contribution in [0, 0.1) is 0 Å². The molecular weight excluding hydrogens is 669 g/mol.